The number of hydrogen-bond donors (Lipinski definition) is 2. The molecule has 0 radical (unpaired) electrons. The summed E-state index contributed by atoms with van der Waals surface area (Å²) in [5, 5.41) is 16.7. The van der Waals surface area contributed by atoms with Crippen molar-refractivity contribution in [2.24, 2.45) is 0 Å². The van der Waals surface area contributed by atoms with Gasteiger partial charge in [0.2, 0.25) is 17.9 Å². The van der Waals surface area contributed by atoms with E-state index in [-0.39, 0.29) is 48.9 Å². The van der Waals surface area contributed by atoms with Gasteiger partial charge in [0, 0.05) is 23.4 Å². The number of thiazole rings is 1. The highest BCUT2D eigenvalue weighted by atomic mass is 35.5. The van der Waals surface area contributed by atoms with Crippen LogP contribution < -0.4 is 11.1 Å². The Morgan fingerprint density at radius 1 is 1.17 bits per heavy atom. The average Bonchev–Trinajstić information content (AvgIpc) is 3.65. The van der Waals surface area contributed by atoms with Gasteiger partial charge in [-0.25, -0.2) is 19.3 Å². The number of thioether (sulfide) groups is 2. The molecule has 0 unspecified atom stereocenters. The molecule has 260 valence electrons. The van der Waals surface area contributed by atoms with Gasteiger partial charge in [-0.05, 0) is 55.8 Å². The SMILES string of the molecule is CN(C)CCn1nnnc1SCC1=C(C(=O)OCOC(=O)OC2CCCCC2)N2C(=O)[C@@H](NC(=O)Cc3csc(N)n3)[C@@H]2SC1.Cl.Cl. The molecule has 1 saturated carbocycles. The summed E-state index contributed by atoms with van der Waals surface area (Å²) >= 11 is 3.97. The van der Waals surface area contributed by atoms with E-state index in [9.17, 15) is 19.2 Å². The molecule has 16 nitrogen and oxygen atoms in total. The molecule has 2 aromatic rings. The predicted octanol–water partition coefficient (Wildman–Crippen LogP) is 2.09. The number of nitrogen functional groups attached to an aromatic ring is 1. The Hall–Kier alpha value is -2.84. The summed E-state index contributed by atoms with van der Waals surface area (Å²) in [6, 6.07) is -0.837. The smallest absolute Gasteiger partial charge is 0.431 e. The number of hydrogen-bond acceptors (Lipinski definition) is 16. The van der Waals surface area contributed by atoms with Gasteiger partial charge >= 0.3 is 12.1 Å². The van der Waals surface area contributed by atoms with E-state index in [2.05, 4.69) is 25.8 Å². The van der Waals surface area contributed by atoms with E-state index in [1.54, 1.807) is 10.1 Å². The van der Waals surface area contributed by atoms with Crippen LogP contribution in [-0.2, 0) is 41.6 Å². The number of rotatable bonds is 13. The van der Waals surface area contributed by atoms with Crippen molar-refractivity contribution in [3.8, 4) is 0 Å². The zero-order chi connectivity index (χ0) is 31.9. The molecule has 3 N–H and O–H groups in total. The summed E-state index contributed by atoms with van der Waals surface area (Å²) < 4.78 is 17.3. The van der Waals surface area contributed by atoms with Crippen LogP contribution >= 0.6 is 59.7 Å². The Bertz CT molecular complexity index is 1440. The quantitative estimate of drug-likeness (QED) is 0.130. The fourth-order valence-electron chi connectivity index (χ4n) is 5.01. The van der Waals surface area contributed by atoms with Gasteiger partial charge in [-0.1, -0.05) is 18.2 Å². The molecule has 0 spiro atoms. The van der Waals surface area contributed by atoms with E-state index in [0.29, 0.717) is 39.6 Å². The van der Waals surface area contributed by atoms with Crippen molar-refractivity contribution < 1.29 is 33.4 Å². The van der Waals surface area contributed by atoms with Crippen LogP contribution in [0.5, 0.6) is 0 Å². The van der Waals surface area contributed by atoms with Gasteiger partial charge in [0.1, 0.15) is 23.2 Å². The maximum absolute atomic E-state index is 13.4. The zero-order valence-electron chi connectivity index (χ0n) is 25.7. The lowest BCUT2D eigenvalue weighted by molar-refractivity contribution is -0.158. The number of carbonyl (C=O) groups is 4. The number of amides is 2. The highest BCUT2D eigenvalue weighted by Gasteiger charge is 2.54. The third-order valence-electron chi connectivity index (χ3n) is 7.28. The fourth-order valence-corrected chi connectivity index (χ4v) is 7.97. The molecule has 0 bridgehead atoms. The van der Waals surface area contributed by atoms with Crippen LogP contribution in [-0.4, -0.2) is 115 Å². The number of tetrazole rings is 1. The van der Waals surface area contributed by atoms with E-state index in [0.717, 1.165) is 38.6 Å². The largest absolute Gasteiger partial charge is 0.511 e. The normalized spacial score (nSPS) is 19.2. The molecule has 47 heavy (non-hydrogen) atoms. The summed E-state index contributed by atoms with van der Waals surface area (Å²) in [6.45, 7) is 0.625. The average molecular weight is 755 g/mol. The molecule has 1 aliphatic carbocycles. The van der Waals surface area contributed by atoms with Gasteiger partial charge < -0.3 is 30.2 Å². The first-order valence-corrected chi connectivity index (χ1v) is 17.3. The number of anilines is 1. The number of aromatic nitrogens is 5. The molecule has 21 heteroatoms. The minimum Gasteiger partial charge on any atom is -0.431 e. The van der Waals surface area contributed by atoms with Crippen molar-refractivity contribution in [3.63, 3.8) is 0 Å². The van der Waals surface area contributed by atoms with Crippen LogP contribution in [0.1, 0.15) is 37.8 Å². The second-order valence-corrected chi connectivity index (χ2v) is 13.8. The minimum absolute atomic E-state index is 0. The van der Waals surface area contributed by atoms with Crippen molar-refractivity contribution in [2.75, 3.05) is 44.7 Å². The Morgan fingerprint density at radius 3 is 2.64 bits per heavy atom. The van der Waals surface area contributed by atoms with Crippen molar-refractivity contribution in [3.05, 3.63) is 22.3 Å². The van der Waals surface area contributed by atoms with Gasteiger partial charge in [-0.3, -0.25) is 14.5 Å². The maximum Gasteiger partial charge on any atom is 0.511 e. The van der Waals surface area contributed by atoms with Crippen molar-refractivity contribution in [2.45, 2.75) is 67.7 Å². The van der Waals surface area contributed by atoms with E-state index in [1.165, 1.54) is 39.8 Å². The number of ether oxygens (including phenoxy) is 3. The van der Waals surface area contributed by atoms with Crippen LogP contribution in [0.3, 0.4) is 0 Å². The van der Waals surface area contributed by atoms with Crippen LogP contribution in [0.4, 0.5) is 9.93 Å². The zero-order valence-corrected chi connectivity index (χ0v) is 29.8. The van der Waals surface area contributed by atoms with E-state index >= 15 is 0 Å². The fraction of sp³-hybridized carbons (Fsp3) is 0.615. The highest BCUT2D eigenvalue weighted by molar-refractivity contribution is 8.01. The van der Waals surface area contributed by atoms with E-state index in [4.69, 9.17) is 19.9 Å². The number of fused-ring (bicyclic) bond motifs is 1. The number of carbonyl (C=O) groups excluding carboxylic acids is 4. The molecule has 2 amide bonds. The third kappa shape index (κ3) is 10.1. The molecule has 2 atom stereocenters. The Balaban J connectivity index is 0.00000300. The molecule has 3 aliphatic rings. The molecular weight excluding hydrogens is 717 g/mol. The summed E-state index contributed by atoms with van der Waals surface area (Å²) in [7, 11) is 3.90. The second-order valence-electron chi connectivity index (χ2n) is 10.9. The molecule has 4 heterocycles. The summed E-state index contributed by atoms with van der Waals surface area (Å²) in [5.74, 6) is -0.998. The van der Waals surface area contributed by atoms with E-state index in [1.807, 2.05) is 19.0 Å². The maximum atomic E-state index is 13.4. The van der Waals surface area contributed by atoms with Crippen molar-refractivity contribution >= 4 is 88.7 Å². The highest BCUT2D eigenvalue weighted by Crippen LogP contribution is 2.42. The first-order valence-electron chi connectivity index (χ1n) is 14.4. The molecule has 2 fully saturated rings. The minimum atomic E-state index is -0.911. The van der Waals surface area contributed by atoms with Crippen LogP contribution in [0.2, 0.25) is 0 Å². The van der Waals surface area contributed by atoms with Crippen molar-refractivity contribution in [1.82, 2.24) is 40.3 Å². The molecule has 2 aromatic heterocycles. The lowest BCUT2D eigenvalue weighted by atomic mass is 9.98. The number of nitrogens with zero attached hydrogens (tertiary/aromatic N) is 7. The first kappa shape index (κ1) is 38.6. The van der Waals surface area contributed by atoms with Gasteiger partial charge in [0.05, 0.1) is 18.7 Å². The van der Waals surface area contributed by atoms with Crippen LogP contribution in [0, 0.1) is 0 Å². The molecule has 2 aliphatic heterocycles. The lowest BCUT2D eigenvalue weighted by Gasteiger charge is -2.49. The Kier molecular flexibility index (Phi) is 14.8. The number of β-lactam (4-membered cyclic amide) rings is 1. The van der Waals surface area contributed by atoms with E-state index < -0.39 is 36.2 Å². The number of nitrogens with two attached hydrogens (primary N) is 1. The Labute approximate surface area is 296 Å². The van der Waals surface area contributed by atoms with Gasteiger partial charge in [-0.15, -0.1) is 53.0 Å². The van der Waals surface area contributed by atoms with Gasteiger partial charge in [0.25, 0.3) is 5.91 Å². The second kappa shape index (κ2) is 18.1. The number of halogens is 2. The Morgan fingerprint density at radius 2 is 1.94 bits per heavy atom. The predicted molar refractivity (Wildman–Crippen MR) is 179 cm³/mol. The summed E-state index contributed by atoms with van der Waals surface area (Å²) in [4.78, 5) is 59.0. The molecule has 5 rings (SSSR count). The summed E-state index contributed by atoms with van der Waals surface area (Å²) in [6.07, 6.45) is 3.45. The van der Waals surface area contributed by atoms with Crippen LogP contribution in [0.25, 0.3) is 0 Å². The monoisotopic (exact) mass is 753 g/mol. The third-order valence-corrected chi connectivity index (χ3v) is 10.4. The number of likely N-dealkylation sites (N-methyl/N-ethyl adjacent to an activating group) is 1. The van der Waals surface area contributed by atoms with Gasteiger partial charge in [-0.2, -0.15) is 0 Å². The standard InChI is InChI=1S/C26H35N9O7S3.2ClH/c1-33(2)8-9-34-25(30-31-32-34)45-12-15-11-43-22-19(29-18(36)10-16-13-44-24(27)28-16)21(37)35(22)20(15)23(38)40-14-41-26(39)42-17-6-4-3-5-7-17;;/h13,17,19,22H,3-12,14H2,1-2H3,(H2,27,28)(H,29,36);2*1H/t19-,22+;;/m1../s1. The van der Waals surface area contributed by atoms with Crippen LogP contribution in [0.15, 0.2) is 21.8 Å². The molecule has 1 saturated heterocycles. The number of nitrogens with one attached hydrogen (secondary N) is 1. The summed E-state index contributed by atoms with van der Waals surface area (Å²) in [5.41, 5.74) is 6.83. The first-order chi connectivity index (χ1) is 21.7. The topological polar surface area (TPSA) is 197 Å². The molecular formula is C26H37Cl2N9O7S3. The van der Waals surface area contributed by atoms with Gasteiger partial charge in [0.15, 0.2) is 5.13 Å². The van der Waals surface area contributed by atoms with Crippen molar-refractivity contribution in [1.29, 1.82) is 0 Å². The molecule has 0 aromatic carbocycles. The number of esters is 1. The lowest BCUT2D eigenvalue weighted by Crippen LogP contribution is -2.70.